The third-order valence-corrected chi connectivity index (χ3v) is 4.51. The van der Waals surface area contributed by atoms with E-state index in [1.165, 1.54) is 0 Å². The molecule has 1 aliphatic heterocycles. The van der Waals surface area contributed by atoms with Crippen LogP contribution in [0, 0.1) is 0 Å². The number of amides is 1. The smallest absolute Gasteiger partial charge is 0.274 e. The molecule has 2 aromatic heterocycles. The van der Waals surface area contributed by atoms with Crippen molar-refractivity contribution in [2.45, 2.75) is 19.8 Å². The Balaban J connectivity index is 1.56. The van der Waals surface area contributed by atoms with Crippen LogP contribution in [0.25, 0.3) is 0 Å². The highest BCUT2D eigenvalue weighted by atomic mass is 16.2. The quantitative estimate of drug-likeness (QED) is 0.776. The molecule has 3 heterocycles. The van der Waals surface area contributed by atoms with E-state index in [4.69, 9.17) is 0 Å². The molecule has 0 N–H and O–H groups in total. The fourth-order valence-electron chi connectivity index (χ4n) is 2.88. The number of unbranched alkanes of at least 4 members (excludes halogenated alkanes) is 1. The van der Waals surface area contributed by atoms with Crippen molar-refractivity contribution in [3.63, 3.8) is 0 Å². The van der Waals surface area contributed by atoms with E-state index in [1.807, 2.05) is 18.0 Å². The number of rotatable bonds is 6. The van der Waals surface area contributed by atoms with E-state index in [2.05, 4.69) is 36.9 Å². The van der Waals surface area contributed by atoms with Gasteiger partial charge in [-0.25, -0.2) is 9.97 Å². The van der Waals surface area contributed by atoms with E-state index in [-0.39, 0.29) is 5.91 Å². The third kappa shape index (κ3) is 4.25. The van der Waals surface area contributed by atoms with Crippen molar-refractivity contribution < 1.29 is 4.79 Å². The minimum absolute atomic E-state index is 0.0751. The summed E-state index contributed by atoms with van der Waals surface area (Å²) in [4.78, 5) is 27.1. The van der Waals surface area contributed by atoms with Crippen molar-refractivity contribution in [3.05, 3.63) is 36.3 Å². The lowest BCUT2D eigenvalue weighted by molar-refractivity contribution is 0.0739. The first kappa shape index (κ1) is 18.0. The van der Waals surface area contributed by atoms with Gasteiger partial charge in [0.25, 0.3) is 5.91 Å². The summed E-state index contributed by atoms with van der Waals surface area (Å²) < 4.78 is 0. The van der Waals surface area contributed by atoms with E-state index >= 15 is 0 Å². The van der Waals surface area contributed by atoms with Gasteiger partial charge in [0.2, 0.25) is 5.95 Å². The number of nitrogens with zero attached hydrogens (tertiary/aromatic N) is 7. The minimum Gasteiger partial charge on any atom is -0.358 e. The summed E-state index contributed by atoms with van der Waals surface area (Å²) in [6.07, 6.45) is 5.70. The Morgan fingerprint density at radius 1 is 1.12 bits per heavy atom. The molecule has 1 fully saturated rings. The highest BCUT2D eigenvalue weighted by Crippen LogP contribution is 2.13. The zero-order chi connectivity index (χ0) is 18.4. The van der Waals surface area contributed by atoms with Gasteiger partial charge >= 0.3 is 0 Å². The van der Waals surface area contributed by atoms with E-state index in [0.29, 0.717) is 37.8 Å². The lowest BCUT2D eigenvalue weighted by atomic mass is 10.2. The molecule has 0 bridgehead atoms. The molecule has 0 spiro atoms. The predicted molar refractivity (Wildman–Crippen MR) is 100 cm³/mol. The van der Waals surface area contributed by atoms with Crippen LogP contribution in [-0.4, -0.2) is 70.7 Å². The topological polar surface area (TPSA) is 78.4 Å². The lowest BCUT2D eigenvalue weighted by Crippen LogP contribution is -2.49. The summed E-state index contributed by atoms with van der Waals surface area (Å²) in [6, 6.07) is 5.43. The number of anilines is 2. The van der Waals surface area contributed by atoms with Gasteiger partial charge in [0.1, 0.15) is 0 Å². The van der Waals surface area contributed by atoms with Crippen LogP contribution in [0.5, 0.6) is 0 Å². The Bertz CT molecular complexity index is 699. The molecule has 3 rings (SSSR count). The van der Waals surface area contributed by atoms with Gasteiger partial charge in [-0.05, 0) is 24.6 Å². The Morgan fingerprint density at radius 3 is 2.46 bits per heavy atom. The molecule has 8 nitrogen and oxygen atoms in total. The maximum Gasteiger partial charge on any atom is 0.274 e. The molecule has 0 atom stereocenters. The van der Waals surface area contributed by atoms with Crippen LogP contribution >= 0.6 is 0 Å². The molecule has 1 aliphatic rings. The van der Waals surface area contributed by atoms with E-state index < -0.39 is 0 Å². The molecule has 0 saturated carbocycles. The fraction of sp³-hybridized carbons (Fsp3) is 0.500. The van der Waals surface area contributed by atoms with Crippen molar-refractivity contribution >= 4 is 17.7 Å². The zero-order valence-electron chi connectivity index (χ0n) is 15.4. The van der Waals surface area contributed by atoms with E-state index in [0.717, 1.165) is 25.2 Å². The zero-order valence-corrected chi connectivity index (χ0v) is 15.4. The molecule has 1 saturated heterocycles. The molecule has 0 aromatic carbocycles. The standard InChI is InChI=1S/C18H25N7O/c1-3-4-10-23(2)16-7-6-15(21-22-16)17(26)24-11-13-25(14-12-24)18-19-8-5-9-20-18/h5-9H,3-4,10-14H2,1-2H3. The molecule has 0 unspecified atom stereocenters. The molecular weight excluding hydrogens is 330 g/mol. The number of hydrogen-bond acceptors (Lipinski definition) is 7. The van der Waals surface area contributed by atoms with Crippen molar-refractivity contribution in [3.8, 4) is 0 Å². The normalized spacial score (nSPS) is 14.4. The molecule has 1 amide bonds. The van der Waals surface area contributed by atoms with Gasteiger partial charge in [-0.15, -0.1) is 10.2 Å². The second-order valence-electron chi connectivity index (χ2n) is 6.38. The van der Waals surface area contributed by atoms with Crippen LogP contribution < -0.4 is 9.80 Å². The van der Waals surface area contributed by atoms with Crippen molar-refractivity contribution in [2.24, 2.45) is 0 Å². The molecule has 138 valence electrons. The fourth-order valence-corrected chi connectivity index (χ4v) is 2.88. The summed E-state index contributed by atoms with van der Waals surface area (Å²) in [5.41, 5.74) is 0.391. The Morgan fingerprint density at radius 2 is 1.85 bits per heavy atom. The molecular formula is C18H25N7O. The first-order valence-corrected chi connectivity index (χ1v) is 9.05. The van der Waals surface area contributed by atoms with Gasteiger partial charge in [0, 0.05) is 52.2 Å². The number of piperazine rings is 1. The van der Waals surface area contributed by atoms with Gasteiger partial charge in [0.15, 0.2) is 11.5 Å². The van der Waals surface area contributed by atoms with Crippen LogP contribution in [0.4, 0.5) is 11.8 Å². The van der Waals surface area contributed by atoms with Gasteiger partial charge in [0.05, 0.1) is 0 Å². The lowest BCUT2D eigenvalue weighted by Gasteiger charge is -2.34. The number of hydrogen-bond donors (Lipinski definition) is 0. The maximum absolute atomic E-state index is 12.7. The highest BCUT2D eigenvalue weighted by molar-refractivity contribution is 5.92. The van der Waals surface area contributed by atoms with E-state index in [1.54, 1.807) is 24.5 Å². The van der Waals surface area contributed by atoms with E-state index in [9.17, 15) is 4.79 Å². The van der Waals surface area contributed by atoms with Gasteiger partial charge in [-0.3, -0.25) is 4.79 Å². The van der Waals surface area contributed by atoms with Gasteiger partial charge in [-0.2, -0.15) is 0 Å². The summed E-state index contributed by atoms with van der Waals surface area (Å²) in [5, 5.41) is 8.35. The summed E-state index contributed by atoms with van der Waals surface area (Å²) in [6.45, 7) is 5.75. The van der Waals surface area contributed by atoms with Crippen LogP contribution in [0.1, 0.15) is 30.3 Å². The van der Waals surface area contributed by atoms with Gasteiger partial charge < -0.3 is 14.7 Å². The molecule has 8 heteroatoms. The van der Waals surface area contributed by atoms with Crippen LogP contribution in [-0.2, 0) is 0 Å². The van der Waals surface area contributed by atoms with Crippen LogP contribution in [0.15, 0.2) is 30.6 Å². The third-order valence-electron chi connectivity index (χ3n) is 4.51. The summed E-state index contributed by atoms with van der Waals surface area (Å²) in [7, 11) is 1.99. The first-order valence-electron chi connectivity index (χ1n) is 9.05. The maximum atomic E-state index is 12.7. The Kier molecular flexibility index (Phi) is 5.93. The van der Waals surface area contributed by atoms with Crippen molar-refractivity contribution in [1.29, 1.82) is 0 Å². The second-order valence-corrected chi connectivity index (χ2v) is 6.38. The van der Waals surface area contributed by atoms with Gasteiger partial charge in [-0.1, -0.05) is 13.3 Å². The summed E-state index contributed by atoms with van der Waals surface area (Å²) >= 11 is 0. The van der Waals surface area contributed by atoms with Crippen LogP contribution in [0.2, 0.25) is 0 Å². The number of carbonyl (C=O) groups excluding carboxylic acids is 1. The highest BCUT2D eigenvalue weighted by Gasteiger charge is 2.24. The average Bonchev–Trinajstić information content (AvgIpc) is 2.72. The molecule has 0 radical (unpaired) electrons. The molecule has 0 aliphatic carbocycles. The SMILES string of the molecule is CCCCN(C)c1ccc(C(=O)N2CCN(c3ncccn3)CC2)nn1. The second kappa shape index (κ2) is 8.55. The minimum atomic E-state index is -0.0751. The number of carbonyl (C=O) groups is 1. The van der Waals surface area contributed by atoms with Crippen LogP contribution in [0.3, 0.4) is 0 Å². The molecule has 26 heavy (non-hydrogen) atoms. The summed E-state index contributed by atoms with van der Waals surface area (Å²) in [5.74, 6) is 1.42. The largest absolute Gasteiger partial charge is 0.358 e. The van der Waals surface area contributed by atoms with Crippen molar-refractivity contribution in [1.82, 2.24) is 25.1 Å². The first-order chi connectivity index (χ1) is 12.7. The monoisotopic (exact) mass is 355 g/mol. The average molecular weight is 355 g/mol. The predicted octanol–water partition coefficient (Wildman–Crippen LogP) is 1.47. The Hall–Kier alpha value is -2.77. The molecule has 2 aromatic rings. The number of aromatic nitrogens is 4. The Labute approximate surface area is 153 Å². The van der Waals surface area contributed by atoms with Crippen molar-refractivity contribution in [2.75, 3.05) is 49.6 Å².